The highest BCUT2D eigenvalue weighted by Gasteiger charge is 2.32. The second-order valence-corrected chi connectivity index (χ2v) is 5.24. The Morgan fingerprint density at radius 2 is 2.30 bits per heavy atom. The van der Waals surface area contributed by atoms with Gasteiger partial charge in [0.25, 0.3) is 0 Å². The van der Waals surface area contributed by atoms with Crippen molar-refractivity contribution in [3.63, 3.8) is 0 Å². The summed E-state index contributed by atoms with van der Waals surface area (Å²) >= 11 is 0. The molecule has 0 aromatic carbocycles. The SMILES string of the molecule is C[C@H](C(=O)N1CCC[C@H]1Cn1cccn1)n1ccnc1. The number of aromatic nitrogens is 4. The predicted molar refractivity (Wildman–Crippen MR) is 73.9 cm³/mol. The average molecular weight is 273 g/mol. The van der Waals surface area contributed by atoms with Crippen LogP contribution in [-0.2, 0) is 11.3 Å². The summed E-state index contributed by atoms with van der Waals surface area (Å²) in [7, 11) is 0. The van der Waals surface area contributed by atoms with Crippen LogP contribution in [0.2, 0.25) is 0 Å². The number of amides is 1. The van der Waals surface area contributed by atoms with E-state index in [-0.39, 0.29) is 18.0 Å². The first-order valence-corrected chi connectivity index (χ1v) is 7.01. The molecule has 3 heterocycles. The van der Waals surface area contributed by atoms with Crippen LogP contribution in [0.4, 0.5) is 0 Å². The van der Waals surface area contributed by atoms with Gasteiger partial charge in [-0.15, -0.1) is 0 Å². The summed E-state index contributed by atoms with van der Waals surface area (Å²) < 4.78 is 3.75. The molecule has 1 amide bonds. The molecule has 0 radical (unpaired) electrons. The number of hydrogen-bond donors (Lipinski definition) is 0. The van der Waals surface area contributed by atoms with E-state index >= 15 is 0 Å². The maximum atomic E-state index is 12.6. The lowest BCUT2D eigenvalue weighted by Crippen LogP contribution is -2.41. The molecular formula is C14H19N5O. The molecule has 0 bridgehead atoms. The van der Waals surface area contributed by atoms with Crippen molar-refractivity contribution in [2.75, 3.05) is 6.54 Å². The van der Waals surface area contributed by atoms with Crippen molar-refractivity contribution in [1.82, 2.24) is 24.2 Å². The topological polar surface area (TPSA) is 56.0 Å². The molecule has 0 N–H and O–H groups in total. The molecule has 0 spiro atoms. The molecule has 1 aliphatic rings. The maximum Gasteiger partial charge on any atom is 0.245 e. The molecule has 1 aliphatic heterocycles. The Balaban J connectivity index is 1.70. The van der Waals surface area contributed by atoms with E-state index in [1.165, 1.54) is 0 Å². The highest BCUT2D eigenvalue weighted by molar-refractivity contribution is 5.80. The molecule has 3 rings (SSSR count). The number of likely N-dealkylation sites (tertiary alicyclic amines) is 1. The van der Waals surface area contributed by atoms with Crippen molar-refractivity contribution in [3.8, 4) is 0 Å². The molecule has 2 aromatic rings. The number of rotatable bonds is 4. The van der Waals surface area contributed by atoms with Crippen LogP contribution in [0, 0.1) is 0 Å². The van der Waals surface area contributed by atoms with E-state index in [4.69, 9.17) is 0 Å². The Kier molecular flexibility index (Phi) is 3.54. The molecule has 1 saturated heterocycles. The second kappa shape index (κ2) is 5.48. The van der Waals surface area contributed by atoms with Crippen molar-refractivity contribution in [1.29, 1.82) is 0 Å². The lowest BCUT2D eigenvalue weighted by molar-refractivity contribution is -0.135. The van der Waals surface area contributed by atoms with E-state index in [1.807, 2.05) is 39.5 Å². The zero-order chi connectivity index (χ0) is 13.9. The van der Waals surface area contributed by atoms with E-state index in [2.05, 4.69) is 10.1 Å². The molecule has 6 nitrogen and oxygen atoms in total. The largest absolute Gasteiger partial charge is 0.336 e. The minimum Gasteiger partial charge on any atom is -0.336 e. The highest BCUT2D eigenvalue weighted by Crippen LogP contribution is 2.22. The van der Waals surface area contributed by atoms with Gasteiger partial charge in [-0.05, 0) is 25.8 Å². The Morgan fingerprint density at radius 3 is 3.00 bits per heavy atom. The zero-order valence-electron chi connectivity index (χ0n) is 11.6. The van der Waals surface area contributed by atoms with Gasteiger partial charge in [-0.2, -0.15) is 5.10 Å². The Morgan fingerprint density at radius 1 is 1.40 bits per heavy atom. The first-order valence-electron chi connectivity index (χ1n) is 7.01. The number of carbonyl (C=O) groups is 1. The van der Waals surface area contributed by atoms with Gasteiger partial charge in [-0.3, -0.25) is 9.48 Å². The van der Waals surface area contributed by atoms with E-state index in [1.54, 1.807) is 18.7 Å². The van der Waals surface area contributed by atoms with Crippen molar-refractivity contribution in [2.24, 2.45) is 0 Å². The fraction of sp³-hybridized carbons (Fsp3) is 0.500. The summed E-state index contributed by atoms with van der Waals surface area (Å²) in [5.74, 6) is 0.164. The van der Waals surface area contributed by atoms with Crippen LogP contribution in [-0.4, -0.2) is 42.7 Å². The molecule has 0 aliphatic carbocycles. The molecule has 6 heteroatoms. The maximum absolute atomic E-state index is 12.6. The third-order valence-corrected chi connectivity index (χ3v) is 3.95. The van der Waals surface area contributed by atoms with Crippen LogP contribution in [0.25, 0.3) is 0 Å². The van der Waals surface area contributed by atoms with Gasteiger partial charge in [0.2, 0.25) is 5.91 Å². The molecule has 106 valence electrons. The van der Waals surface area contributed by atoms with Crippen LogP contribution in [0.5, 0.6) is 0 Å². The third kappa shape index (κ3) is 2.45. The second-order valence-electron chi connectivity index (χ2n) is 5.24. The summed E-state index contributed by atoms with van der Waals surface area (Å²) in [6, 6.07) is 1.96. The minimum absolute atomic E-state index is 0.164. The van der Waals surface area contributed by atoms with E-state index in [0.29, 0.717) is 0 Å². The summed E-state index contributed by atoms with van der Waals surface area (Å²) in [6.45, 7) is 3.53. The lowest BCUT2D eigenvalue weighted by atomic mass is 10.2. The summed E-state index contributed by atoms with van der Waals surface area (Å²) in [6.07, 6.45) is 11.1. The van der Waals surface area contributed by atoms with Crippen LogP contribution >= 0.6 is 0 Å². The van der Waals surface area contributed by atoms with E-state index in [9.17, 15) is 4.79 Å². The summed E-state index contributed by atoms with van der Waals surface area (Å²) in [5, 5.41) is 4.23. The first kappa shape index (κ1) is 12.9. The molecule has 2 aromatic heterocycles. The fourth-order valence-corrected chi connectivity index (χ4v) is 2.81. The van der Waals surface area contributed by atoms with Gasteiger partial charge in [-0.1, -0.05) is 0 Å². The third-order valence-electron chi connectivity index (χ3n) is 3.95. The molecule has 0 unspecified atom stereocenters. The van der Waals surface area contributed by atoms with Crippen molar-refractivity contribution < 1.29 is 4.79 Å². The van der Waals surface area contributed by atoms with Crippen LogP contribution in [0.3, 0.4) is 0 Å². The predicted octanol–water partition coefficient (Wildman–Crippen LogP) is 1.33. The van der Waals surface area contributed by atoms with Gasteiger partial charge in [0.1, 0.15) is 6.04 Å². The Labute approximate surface area is 118 Å². The fourth-order valence-electron chi connectivity index (χ4n) is 2.81. The minimum atomic E-state index is -0.198. The molecular weight excluding hydrogens is 254 g/mol. The summed E-state index contributed by atoms with van der Waals surface area (Å²) in [5.41, 5.74) is 0. The Hall–Kier alpha value is -2.11. The molecule has 2 atom stereocenters. The molecule has 20 heavy (non-hydrogen) atoms. The number of carbonyl (C=O) groups excluding carboxylic acids is 1. The van der Waals surface area contributed by atoms with Gasteiger partial charge in [-0.25, -0.2) is 4.98 Å². The van der Waals surface area contributed by atoms with Gasteiger partial charge >= 0.3 is 0 Å². The van der Waals surface area contributed by atoms with Gasteiger partial charge in [0.05, 0.1) is 18.9 Å². The molecule has 0 saturated carbocycles. The Bertz CT molecular complexity index is 548. The highest BCUT2D eigenvalue weighted by atomic mass is 16.2. The number of imidazole rings is 1. The quantitative estimate of drug-likeness (QED) is 0.844. The number of hydrogen-bond acceptors (Lipinski definition) is 3. The van der Waals surface area contributed by atoms with Crippen molar-refractivity contribution in [3.05, 3.63) is 37.2 Å². The summed E-state index contributed by atoms with van der Waals surface area (Å²) in [4.78, 5) is 18.6. The lowest BCUT2D eigenvalue weighted by Gasteiger charge is -2.27. The zero-order valence-corrected chi connectivity index (χ0v) is 11.6. The van der Waals surface area contributed by atoms with Crippen LogP contribution in [0.15, 0.2) is 37.2 Å². The number of nitrogens with zero attached hydrogens (tertiary/aromatic N) is 5. The van der Waals surface area contributed by atoms with E-state index < -0.39 is 0 Å². The standard InChI is InChI=1S/C14H19N5O/c1-12(17-9-6-15-11-17)14(20)19-8-2-4-13(19)10-18-7-3-5-16-18/h3,5-7,9,11-13H,2,4,8,10H2,1H3/t12-,13+/m1/s1. The van der Waals surface area contributed by atoms with Crippen molar-refractivity contribution in [2.45, 2.75) is 38.4 Å². The smallest absolute Gasteiger partial charge is 0.245 e. The monoisotopic (exact) mass is 273 g/mol. The molecule has 1 fully saturated rings. The normalized spacial score (nSPS) is 20.2. The van der Waals surface area contributed by atoms with Crippen molar-refractivity contribution >= 4 is 5.91 Å². The van der Waals surface area contributed by atoms with Gasteiger partial charge in [0.15, 0.2) is 0 Å². The van der Waals surface area contributed by atoms with E-state index in [0.717, 1.165) is 25.9 Å². The van der Waals surface area contributed by atoms with Crippen LogP contribution in [0.1, 0.15) is 25.8 Å². The van der Waals surface area contributed by atoms with Gasteiger partial charge < -0.3 is 9.47 Å². The first-order chi connectivity index (χ1) is 9.75. The average Bonchev–Trinajstić information content (AvgIpc) is 3.20. The van der Waals surface area contributed by atoms with Crippen LogP contribution < -0.4 is 0 Å². The van der Waals surface area contributed by atoms with Gasteiger partial charge in [0, 0.05) is 31.3 Å².